The molecular formula is C15H13O2. The van der Waals surface area contributed by atoms with Gasteiger partial charge in [0.1, 0.15) is 5.75 Å². The fraction of sp³-hybridized carbons (Fsp3) is 0.133. The molecule has 17 heavy (non-hydrogen) atoms. The van der Waals surface area contributed by atoms with E-state index in [9.17, 15) is 9.90 Å². The smallest absolute Gasteiger partial charge is 0.196 e. The van der Waals surface area contributed by atoms with Gasteiger partial charge in [0.2, 0.25) is 0 Å². The summed E-state index contributed by atoms with van der Waals surface area (Å²) in [5.74, 6) is -0.194. The summed E-state index contributed by atoms with van der Waals surface area (Å²) in [5.41, 5.74) is 2.99. The predicted octanol–water partition coefficient (Wildman–Crippen LogP) is 3.04. The summed E-state index contributed by atoms with van der Waals surface area (Å²) in [7, 11) is 0. The molecule has 2 aromatic rings. The second-order valence-electron chi connectivity index (χ2n) is 4.15. The molecule has 1 N–H and O–H groups in total. The topological polar surface area (TPSA) is 37.3 Å². The standard InChI is InChI=1S/C15H13O2/c1-10-7-11(2)9-12(8-10)15(17)13-5-3-4-6-14(13)16/h3,5-9,16H,1-2H3. The second-order valence-corrected chi connectivity index (χ2v) is 4.15. The van der Waals surface area contributed by atoms with Crippen molar-refractivity contribution in [2.24, 2.45) is 0 Å². The van der Waals surface area contributed by atoms with Crippen molar-refractivity contribution in [3.05, 3.63) is 64.7 Å². The van der Waals surface area contributed by atoms with Gasteiger partial charge in [0.25, 0.3) is 0 Å². The molecule has 2 nitrogen and oxygen atoms in total. The van der Waals surface area contributed by atoms with Gasteiger partial charge in [0.05, 0.1) is 5.56 Å². The van der Waals surface area contributed by atoms with Crippen LogP contribution in [-0.2, 0) is 0 Å². The molecule has 2 aromatic carbocycles. The summed E-state index contributed by atoms with van der Waals surface area (Å²) < 4.78 is 0. The number of phenols is 1. The number of rotatable bonds is 2. The number of ketones is 1. The normalized spacial score (nSPS) is 10.2. The van der Waals surface area contributed by atoms with Crippen LogP contribution in [0, 0.1) is 19.9 Å². The van der Waals surface area contributed by atoms with Crippen LogP contribution in [0.15, 0.2) is 36.4 Å². The highest BCUT2D eigenvalue weighted by Gasteiger charge is 2.13. The highest BCUT2D eigenvalue weighted by Crippen LogP contribution is 2.20. The van der Waals surface area contributed by atoms with Crippen LogP contribution >= 0.6 is 0 Å². The highest BCUT2D eigenvalue weighted by atomic mass is 16.3. The lowest BCUT2D eigenvalue weighted by atomic mass is 9.99. The Bertz CT molecular complexity index is 551. The van der Waals surface area contributed by atoms with E-state index in [-0.39, 0.29) is 11.5 Å². The minimum Gasteiger partial charge on any atom is -0.507 e. The van der Waals surface area contributed by atoms with Gasteiger partial charge >= 0.3 is 0 Å². The van der Waals surface area contributed by atoms with Crippen LogP contribution in [0.4, 0.5) is 0 Å². The van der Waals surface area contributed by atoms with E-state index < -0.39 is 0 Å². The Morgan fingerprint density at radius 2 is 1.82 bits per heavy atom. The molecular weight excluding hydrogens is 212 g/mol. The van der Waals surface area contributed by atoms with E-state index in [1.165, 1.54) is 6.07 Å². The Labute approximate surface area is 101 Å². The summed E-state index contributed by atoms with van der Waals surface area (Å²) in [4.78, 5) is 12.2. The second kappa shape index (κ2) is 4.42. The van der Waals surface area contributed by atoms with Gasteiger partial charge in [0.15, 0.2) is 5.78 Å². The summed E-state index contributed by atoms with van der Waals surface area (Å²) in [6, 6.07) is 13.0. The average molecular weight is 225 g/mol. The maximum Gasteiger partial charge on any atom is 0.196 e. The van der Waals surface area contributed by atoms with Gasteiger partial charge in [-0.25, -0.2) is 0 Å². The average Bonchev–Trinajstić information content (AvgIpc) is 2.27. The van der Waals surface area contributed by atoms with Crippen LogP contribution in [-0.4, -0.2) is 10.9 Å². The molecule has 0 bridgehead atoms. The third kappa shape index (κ3) is 2.36. The number of benzene rings is 2. The summed E-state index contributed by atoms with van der Waals surface area (Å²) in [6.45, 7) is 3.89. The maximum absolute atomic E-state index is 12.2. The van der Waals surface area contributed by atoms with Gasteiger partial charge in [-0.05, 0) is 44.2 Å². The Balaban J connectivity index is 2.48. The van der Waals surface area contributed by atoms with E-state index in [0.29, 0.717) is 11.1 Å². The van der Waals surface area contributed by atoms with Gasteiger partial charge in [-0.1, -0.05) is 23.3 Å². The number of aromatic hydroxyl groups is 1. The molecule has 2 heteroatoms. The van der Waals surface area contributed by atoms with Crippen molar-refractivity contribution in [1.82, 2.24) is 0 Å². The Kier molecular flexibility index (Phi) is 2.96. The van der Waals surface area contributed by atoms with Crippen LogP contribution in [0.5, 0.6) is 5.75 Å². The molecule has 1 radical (unpaired) electrons. The molecule has 0 aliphatic rings. The Morgan fingerprint density at radius 1 is 1.18 bits per heavy atom. The molecule has 0 aliphatic carbocycles. The van der Waals surface area contributed by atoms with Gasteiger partial charge in [0, 0.05) is 5.56 Å². The third-order valence-corrected chi connectivity index (χ3v) is 2.57. The molecule has 0 saturated carbocycles. The van der Waals surface area contributed by atoms with Crippen molar-refractivity contribution in [3.63, 3.8) is 0 Å². The summed E-state index contributed by atoms with van der Waals surface area (Å²) >= 11 is 0. The SMILES string of the molecule is Cc1cc(C)cc(C(=O)c2cc[c]cc2O)c1. The molecule has 0 amide bonds. The van der Waals surface area contributed by atoms with Crippen molar-refractivity contribution < 1.29 is 9.90 Å². The lowest BCUT2D eigenvalue weighted by molar-refractivity contribution is 0.103. The van der Waals surface area contributed by atoms with Gasteiger partial charge in [-0.15, -0.1) is 0 Å². The van der Waals surface area contributed by atoms with E-state index in [1.807, 2.05) is 32.0 Å². The van der Waals surface area contributed by atoms with Crippen LogP contribution in [0.1, 0.15) is 27.0 Å². The van der Waals surface area contributed by atoms with Gasteiger partial charge in [-0.3, -0.25) is 4.79 Å². The van der Waals surface area contributed by atoms with Crippen molar-refractivity contribution >= 4 is 5.78 Å². The van der Waals surface area contributed by atoms with E-state index in [4.69, 9.17) is 0 Å². The van der Waals surface area contributed by atoms with Crippen LogP contribution in [0.3, 0.4) is 0 Å². The van der Waals surface area contributed by atoms with Crippen LogP contribution in [0.25, 0.3) is 0 Å². The maximum atomic E-state index is 12.2. The third-order valence-electron chi connectivity index (χ3n) is 2.57. The van der Waals surface area contributed by atoms with Crippen molar-refractivity contribution in [2.45, 2.75) is 13.8 Å². The van der Waals surface area contributed by atoms with Crippen LogP contribution in [0.2, 0.25) is 0 Å². The first kappa shape index (κ1) is 11.4. The quantitative estimate of drug-likeness (QED) is 0.797. The first-order chi connectivity index (χ1) is 8.08. The summed E-state index contributed by atoms with van der Waals surface area (Å²) in [6.07, 6.45) is 0. The van der Waals surface area contributed by atoms with Crippen molar-refractivity contribution in [1.29, 1.82) is 0 Å². The Morgan fingerprint density at radius 3 is 2.41 bits per heavy atom. The number of aryl methyl sites for hydroxylation is 2. The molecule has 0 heterocycles. The first-order valence-corrected chi connectivity index (χ1v) is 5.40. The first-order valence-electron chi connectivity index (χ1n) is 5.40. The number of carbonyl (C=O) groups is 1. The van der Waals surface area contributed by atoms with Crippen LogP contribution < -0.4 is 0 Å². The Hall–Kier alpha value is -2.09. The zero-order valence-electron chi connectivity index (χ0n) is 9.82. The van der Waals surface area contributed by atoms with Crippen molar-refractivity contribution in [2.75, 3.05) is 0 Å². The van der Waals surface area contributed by atoms with E-state index in [1.54, 1.807) is 12.1 Å². The zero-order valence-corrected chi connectivity index (χ0v) is 9.82. The fourth-order valence-corrected chi connectivity index (χ4v) is 1.87. The number of phenolic OH excluding ortho intramolecular Hbond substituents is 1. The molecule has 85 valence electrons. The fourth-order valence-electron chi connectivity index (χ4n) is 1.87. The van der Waals surface area contributed by atoms with E-state index >= 15 is 0 Å². The van der Waals surface area contributed by atoms with Gasteiger partial charge in [-0.2, -0.15) is 0 Å². The monoisotopic (exact) mass is 225 g/mol. The molecule has 0 fully saturated rings. The number of hydrogen-bond acceptors (Lipinski definition) is 2. The molecule has 2 rings (SSSR count). The molecule has 0 atom stereocenters. The molecule has 0 saturated heterocycles. The number of hydrogen-bond donors (Lipinski definition) is 1. The minimum atomic E-state index is -0.164. The lowest BCUT2D eigenvalue weighted by Gasteiger charge is -2.05. The van der Waals surface area contributed by atoms with Crippen molar-refractivity contribution in [3.8, 4) is 5.75 Å². The molecule has 0 unspecified atom stereocenters. The zero-order chi connectivity index (χ0) is 12.4. The molecule has 0 aromatic heterocycles. The van der Waals surface area contributed by atoms with E-state index in [2.05, 4.69) is 6.07 Å². The summed E-state index contributed by atoms with van der Waals surface area (Å²) in [5, 5.41) is 9.63. The largest absolute Gasteiger partial charge is 0.507 e. The lowest BCUT2D eigenvalue weighted by Crippen LogP contribution is -2.02. The minimum absolute atomic E-state index is 0.0309. The van der Waals surface area contributed by atoms with E-state index in [0.717, 1.165) is 11.1 Å². The predicted molar refractivity (Wildman–Crippen MR) is 66.3 cm³/mol. The van der Waals surface area contributed by atoms with Gasteiger partial charge < -0.3 is 5.11 Å². The number of carbonyl (C=O) groups excluding carboxylic acids is 1. The highest BCUT2D eigenvalue weighted by molar-refractivity contribution is 6.10. The molecule has 0 spiro atoms. The molecule has 0 aliphatic heterocycles.